The molecule has 1 rings (SSSR count). The van der Waals surface area contributed by atoms with E-state index < -0.39 is 39.3 Å². The average molecular weight is 311 g/mol. The minimum Gasteiger partial charge on any atom is -0.276 e. The maximum absolute atomic E-state index is 12.5. The van der Waals surface area contributed by atoms with Crippen LogP contribution in [0.5, 0.6) is 0 Å². The lowest BCUT2D eigenvalue weighted by Crippen LogP contribution is -2.15. The number of hydrogen-bond acceptors (Lipinski definition) is 1. The first-order valence-electron chi connectivity index (χ1n) is 4.12. The van der Waals surface area contributed by atoms with Crippen LogP contribution in [0.25, 0.3) is 0 Å². The lowest BCUT2D eigenvalue weighted by molar-refractivity contribution is -0.143. The van der Waals surface area contributed by atoms with Gasteiger partial charge in [0, 0.05) is 0 Å². The molecule has 9 heteroatoms. The van der Waals surface area contributed by atoms with Crippen molar-refractivity contribution >= 4 is 28.4 Å². The number of halogens is 8. The molecule has 1 aromatic carbocycles. The third-order valence-electron chi connectivity index (χ3n) is 1.92. The van der Waals surface area contributed by atoms with Crippen LogP contribution in [-0.4, -0.2) is 5.24 Å². The fourth-order valence-corrected chi connectivity index (χ4v) is 1.75. The van der Waals surface area contributed by atoms with Crippen molar-refractivity contribution in [2.24, 2.45) is 0 Å². The lowest BCUT2D eigenvalue weighted by atomic mass is 10.0. The molecule has 0 N–H and O–H groups in total. The highest BCUT2D eigenvalue weighted by Gasteiger charge is 2.40. The van der Waals surface area contributed by atoms with Gasteiger partial charge in [0.2, 0.25) is 0 Å². The second kappa shape index (κ2) is 4.62. The van der Waals surface area contributed by atoms with E-state index in [1.165, 1.54) is 0 Å². The summed E-state index contributed by atoms with van der Waals surface area (Å²) in [5, 5.41) is -2.59. The Hall–Kier alpha value is -0.950. The molecular formula is C9H2Cl2F6O. The van der Waals surface area contributed by atoms with Crippen molar-refractivity contribution in [3.8, 4) is 0 Å². The molecule has 0 saturated heterocycles. The van der Waals surface area contributed by atoms with E-state index in [0.717, 1.165) is 0 Å². The van der Waals surface area contributed by atoms with Crippen molar-refractivity contribution < 1.29 is 31.1 Å². The number of benzene rings is 1. The van der Waals surface area contributed by atoms with E-state index in [-0.39, 0.29) is 12.1 Å². The van der Waals surface area contributed by atoms with Crippen molar-refractivity contribution in [1.29, 1.82) is 0 Å². The van der Waals surface area contributed by atoms with Crippen LogP contribution in [-0.2, 0) is 12.4 Å². The fourth-order valence-electron chi connectivity index (χ4n) is 1.19. The third kappa shape index (κ3) is 3.08. The lowest BCUT2D eigenvalue weighted by Gasteiger charge is -2.15. The van der Waals surface area contributed by atoms with Crippen LogP contribution >= 0.6 is 23.2 Å². The molecule has 18 heavy (non-hydrogen) atoms. The van der Waals surface area contributed by atoms with Crippen LogP contribution in [0.2, 0.25) is 5.02 Å². The van der Waals surface area contributed by atoms with Crippen molar-refractivity contribution in [2.75, 3.05) is 0 Å². The van der Waals surface area contributed by atoms with E-state index in [4.69, 9.17) is 23.2 Å². The van der Waals surface area contributed by atoms with Gasteiger partial charge in [-0.05, 0) is 23.7 Å². The normalized spacial score (nSPS) is 12.7. The minimum absolute atomic E-state index is 0.207. The summed E-state index contributed by atoms with van der Waals surface area (Å²) in [5.41, 5.74) is -4.62. The number of hydrogen-bond donors (Lipinski definition) is 0. The zero-order valence-electron chi connectivity index (χ0n) is 8.09. The molecule has 0 aliphatic carbocycles. The van der Waals surface area contributed by atoms with Gasteiger partial charge in [-0.25, -0.2) is 0 Å². The highest BCUT2D eigenvalue weighted by molar-refractivity contribution is 6.69. The zero-order chi connectivity index (χ0) is 14.3. The Morgan fingerprint density at radius 1 is 1.00 bits per heavy atom. The van der Waals surface area contributed by atoms with Crippen LogP contribution < -0.4 is 0 Å². The molecule has 0 saturated carbocycles. The Kier molecular flexibility index (Phi) is 3.88. The summed E-state index contributed by atoms with van der Waals surface area (Å²) in [7, 11) is 0. The van der Waals surface area contributed by atoms with Crippen molar-refractivity contribution in [3.63, 3.8) is 0 Å². The Bertz CT molecular complexity index is 491. The molecule has 0 atom stereocenters. The number of alkyl halides is 6. The van der Waals surface area contributed by atoms with Crippen LogP contribution in [0.4, 0.5) is 26.3 Å². The molecule has 0 aromatic heterocycles. The Morgan fingerprint density at radius 2 is 1.50 bits per heavy atom. The summed E-state index contributed by atoms with van der Waals surface area (Å²) in [5.74, 6) is 0. The Balaban J connectivity index is 3.64. The SMILES string of the molecule is O=C(Cl)c1c(Cl)cc(C(F)(F)F)cc1C(F)(F)F. The van der Waals surface area contributed by atoms with E-state index in [0.29, 0.717) is 0 Å². The summed E-state index contributed by atoms with van der Waals surface area (Å²) >= 11 is 10.1. The zero-order valence-corrected chi connectivity index (χ0v) is 9.60. The fraction of sp³-hybridized carbons (Fsp3) is 0.222. The van der Waals surface area contributed by atoms with Gasteiger partial charge in [0.25, 0.3) is 5.24 Å². The second-order valence-corrected chi connectivity index (χ2v) is 3.90. The van der Waals surface area contributed by atoms with Crippen molar-refractivity contribution in [1.82, 2.24) is 0 Å². The molecule has 0 amide bonds. The van der Waals surface area contributed by atoms with Crippen molar-refractivity contribution in [2.45, 2.75) is 12.4 Å². The van der Waals surface area contributed by atoms with Gasteiger partial charge < -0.3 is 0 Å². The number of carbonyl (C=O) groups is 1. The summed E-state index contributed by atoms with van der Waals surface area (Å²) in [6.45, 7) is 0. The molecule has 0 aliphatic heterocycles. The first kappa shape index (κ1) is 15.1. The molecule has 0 spiro atoms. The van der Waals surface area contributed by atoms with Gasteiger partial charge in [-0.1, -0.05) is 11.6 Å². The Morgan fingerprint density at radius 3 is 1.83 bits per heavy atom. The van der Waals surface area contributed by atoms with Gasteiger partial charge in [-0.3, -0.25) is 4.79 Å². The maximum Gasteiger partial charge on any atom is 0.417 e. The van der Waals surface area contributed by atoms with E-state index in [1.807, 2.05) is 0 Å². The van der Waals surface area contributed by atoms with Gasteiger partial charge in [-0.2, -0.15) is 26.3 Å². The molecule has 0 unspecified atom stereocenters. The molecule has 0 radical (unpaired) electrons. The highest BCUT2D eigenvalue weighted by Crippen LogP contribution is 2.40. The smallest absolute Gasteiger partial charge is 0.276 e. The molecule has 0 fully saturated rings. The molecule has 1 nitrogen and oxygen atoms in total. The van der Waals surface area contributed by atoms with Crippen LogP contribution in [0.3, 0.4) is 0 Å². The van der Waals surface area contributed by atoms with E-state index in [9.17, 15) is 31.1 Å². The molecule has 0 heterocycles. The average Bonchev–Trinajstić information content (AvgIpc) is 2.12. The number of carbonyl (C=O) groups excluding carboxylic acids is 1. The standard InChI is InChI=1S/C9H2Cl2F6O/c10-5-2-3(8(12,13)14)1-4(9(15,16)17)6(5)7(11)18/h1-2H. The highest BCUT2D eigenvalue weighted by atomic mass is 35.5. The van der Waals surface area contributed by atoms with Crippen LogP contribution in [0.1, 0.15) is 21.5 Å². The van der Waals surface area contributed by atoms with E-state index >= 15 is 0 Å². The summed E-state index contributed by atoms with van der Waals surface area (Å²) in [6, 6.07) is 0.00784. The number of rotatable bonds is 1. The van der Waals surface area contributed by atoms with Gasteiger partial charge >= 0.3 is 12.4 Å². The van der Waals surface area contributed by atoms with Gasteiger partial charge in [0.05, 0.1) is 21.7 Å². The molecule has 1 aromatic rings. The minimum atomic E-state index is -5.18. The van der Waals surface area contributed by atoms with Gasteiger partial charge in [0.15, 0.2) is 0 Å². The molecular weight excluding hydrogens is 309 g/mol. The summed E-state index contributed by atoms with van der Waals surface area (Å²) in [6.07, 6.45) is -10.2. The monoisotopic (exact) mass is 310 g/mol. The van der Waals surface area contributed by atoms with Crippen molar-refractivity contribution in [3.05, 3.63) is 33.8 Å². The van der Waals surface area contributed by atoms with Crippen LogP contribution in [0.15, 0.2) is 12.1 Å². The van der Waals surface area contributed by atoms with Gasteiger partial charge in [0.1, 0.15) is 0 Å². The summed E-state index contributed by atoms with van der Waals surface area (Å²) in [4.78, 5) is 10.8. The van der Waals surface area contributed by atoms with E-state index in [1.54, 1.807) is 0 Å². The van der Waals surface area contributed by atoms with Crippen LogP contribution in [0, 0.1) is 0 Å². The molecule has 0 bridgehead atoms. The molecule has 0 aliphatic rings. The summed E-state index contributed by atoms with van der Waals surface area (Å²) < 4.78 is 74.5. The van der Waals surface area contributed by atoms with E-state index in [2.05, 4.69) is 0 Å². The first-order valence-corrected chi connectivity index (χ1v) is 4.88. The maximum atomic E-state index is 12.5. The largest absolute Gasteiger partial charge is 0.417 e. The third-order valence-corrected chi connectivity index (χ3v) is 2.41. The van der Waals surface area contributed by atoms with Gasteiger partial charge in [-0.15, -0.1) is 0 Å². The first-order chi connectivity index (χ1) is 7.94. The Labute approximate surface area is 106 Å². The topological polar surface area (TPSA) is 17.1 Å². The quantitative estimate of drug-likeness (QED) is 0.540. The predicted molar refractivity (Wildman–Crippen MR) is 51.6 cm³/mol. The predicted octanol–water partition coefficient (Wildman–Crippen LogP) is 4.76. The second-order valence-electron chi connectivity index (χ2n) is 3.15. The molecule has 100 valence electrons.